The molecule has 0 unspecified atom stereocenters. The largest absolute Gasteiger partial charge is 0.493 e. The van der Waals surface area contributed by atoms with Crippen molar-refractivity contribution in [2.24, 2.45) is 0 Å². The maximum Gasteiger partial charge on any atom is 0.328 e. The van der Waals surface area contributed by atoms with Crippen LogP contribution in [0, 0.1) is 0 Å². The topological polar surface area (TPSA) is 115 Å². The van der Waals surface area contributed by atoms with Gasteiger partial charge < -0.3 is 14.6 Å². The summed E-state index contributed by atoms with van der Waals surface area (Å²) in [5, 5.41) is 8.78. The first-order chi connectivity index (χ1) is 12.9. The summed E-state index contributed by atoms with van der Waals surface area (Å²) in [6, 6.07) is 8.22. The summed E-state index contributed by atoms with van der Waals surface area (Å²) in [5.74, 6) is -0.937. The van der Waals surface area contributed by atoms with Gasteiger partial charge in [-0.25, -0.2) is 17.9 Å². The van der Waals surface area contributed by atoms with Gasteiger partial charge in [0.2, 0.25) is 10.0 Å². The predicted molar refractivity (Wildman–Crippen MR) is 107 cm³/mol. The Hall–Kier alpha value is -2.62. The Bertz CT molecular complexity index is 933. The van der Waals surface area contributed by atoms with Crippen molar-refractivity contribution < 1.29 is 27.8 Å². The van der Waals surface area contributed by atoms with E-state index in [0.29, 0.717) is 12.0 Å². The molecule has 0 radical (unpaired) electrons. The molecular weight excluding hydrogens is 408 g/mol. The highest BCUT2D eigenvalue weighted by Gasteiger charge is 2.23. The third-order valence-electron chi connectivity index (χ3n) is 3.57. The highest BCUT2D eigenvalue weighted by atomic mass is 35.5. The average molecular weight is 429 g/mol. The van der Waals surface area contributed by atoms with Crippen LogP contribution in [0.5, 0.6) is 11.5 Å². The summed E-state index contributed by atoms with van der Waals surface area (Å²) in [7, 11) is -1.23. The molecule has 0 aliphatic carbocycles. The Labute approximate surface area is 169 Å². The molecule has 2 rings (SSSR count). The molecule has 0 fully saturated rings. The minimum Gasteiger partial charge on any atom is -0.493 e. The van der Waals surface area contributed by atoms with Crippen molar-refractivity contribution in [2.45, 2.75) is 11.3 Å². The van der Waals surface area contributed by atoms with E-state index in [2.05, 4.69) is 9.71 Å². The van der Waals surface area contributed by atoms with Crippen LogP contribution in [-0.2, 0) is 21.2 Å². The zero-order valence-corrected chi connectivity index (χ0v) is 16.9. The number of methoxy groups -OCH3 is 2. The molecule has 8 nitrogen and oxygen atoms in total. The number of nitrogens with one attached hydrogen (secondary N) is 1. The average Bonchev–Trinajstić information content (AvgIpc) is 2.66. The van der Waals surface area contributed by atoms with E-state index >= 15 is 0 Å². The second-order valence-electron chi connectivity index (χ2n) is 5.39. The van der Waals surface area contributed by atoms with Crippen LogP contribution in [0.2, 0.25) is 0 Å². The van der Waals surface area contributed by atoms with Gasteiger partial charge in [0.15, 0.2) is 11.5 Å². The SMILES string of the molecule is COc1cc(/C=C/C(=O)O)cc(S(=O)(=O)NCCc2ccccn2)c1OC.Cl. The molecule has 1 aromatic heterocycles. The van der Waals surface area contributed by atoms with Crippen molar-refractivity contribution in [1.82, 2.24) is 9.71 Å². The zero-order chi connectivity index (χ0) is 19.9. The molecule has 0 saturated carbocycles. The Morgan fingerprint density at radius 3 is 2.57 bits per heavy atom. The summed E-state index contributed by atoms with van der Waals surface area (Å²) in [6.07, 6.45) is 4.23. The smallest absolute Gasteiger partial charge is 0.328 e. The summed E-state index contributed by atoms with van der Waals surface area (Å²) in [4.78, 5) is 14.7. The van der Waals surface area contributed by atoms with Crippen LogP contribution in [0.4, 0.5) is 0 Å². The predicted octanol–water partition coefficient (Wildman–Crippen LogP) is 2.14. The zero-order valence-electron chi connectivity index (χ0n) is 15.3. The van der Waals surface area contributed by atoms with Crippen LogP contribution >= 0.6 is 12.4 Å². The molecule has 1 heterocycles. The third-order valence-corrected chi connectivity index (χ3v) is 5.04. The van der Waals surface area contributed by atoms with Crippen LogP contribution in [0.25, 0.3) is 6.08 Å². The molecule has 0 aliphatic heterocycles. The number of nitrogens with zero attached hydrogens (tertiary/aromatic N) is 1. The fourth-order valence-corrected chi connectivity index (χ4v) is 3.60. The molecule has 28 heavy (non-hydrogen) atoms. The number of sulfonamides is 1. The van der Waals surface area contributed by atoms with Gasteiger partial charge in [-0.05, 0) is 35.9 Å². The molecule has 152 valence electrons. The standard InChI is InChI=1S/C18H20N2O6S.ClH/c1-25-15-11-13(6-7-17(21)22)12-16(18(15)26-2)27(23,24)20-10-8-14-5-3-4-9-19-14;/h3-7,9,11-12,20H,8,10H2,1-2H3,(H,21,22);1H/b7-6+;. The Balaban J connectivity index is 0.00000392. The number of carbonyl (C=O) groups is 1. The molecule has 1 aromatic carbocycles. The van der Waals surface area contributed by atoms with E-state index in [1.165, 1.54) is 32.4 Å². The number of carboxylic acids is 1. The van der Waals surface area contributed by atoms with Gasteiger partial charge in [-0.15, -0.1) is 12.4 Å². The number of aliphatic carboxylic acids is 1. The first kappa shape index (κ1) is 23.4. The number of halogens is 1. The van der Waals surface area contributed by atoms with Gasteiger partial charge in [-0.2, -0.15) is 0 Å². The lowest BCUT2D eigenvalue weighted by Gasteiger charge is -2.15. The maximum atomic E-state index is 12.8. The molecule has 10 heteroatoms. The van der Waals surface area contributed by atoms with Crippen LogP contribution in [-0.4, -0.2) is 45.2 Å². The summed E-state index contributed by atoms with van der Waals surface area (Å²) in [5.41, 5.74) is 1.10. The van der Waals surface area contributed by atoms with Crippen molar-refractivity contribution in [1.29, 1.82) is 0 Å². The number of aromatic nitrogens is 1. The minimum absolute atomic E-state index is 0. The molecule has 0 saturated heterocycles. The maximum absolute atomic E-state index is 12.8. The molecule has 2 N–H and O–H groups in total. The molecule has 0 atom stereocenters. The number of pyridine rings is 1. The molecular formula is C18H21ClN2O6S. The fraction of sp³-hybridized carbons (Fsp3) is 0.222. The Kier molecular flexibility index (Phi) is 8.90. The van der Waals surface area contributed by atoms with Crippen molar-refractivity contribution in [2.75, 3.05) is 20.8 Å². The van der Waals surface area contributed by atoms with Crippen molar-refractivity contribution in [3.05, 3.63) is 53.9 Å². The summed E-state index contributed by atoms with van der Waals surface area (Å²) >= 11 is 0. The number of ether oxygens (including phenoxy) is 2. The molecule has 0 aliphatic rings. The molecule has 0 spiro atoms. The Morgan fingerprint density at radius 1 is 1.25 bits per heavy atom. The van der Waals surface area contributed by atoms with E-state index in [1.54, 1.807) is 18.3 Å². The second kappa shape index (κ2) is 10.6. The second-order valence-corrected chi connectivity index (χ2v) is 7.13. The van der Waals surface area contributed by atoms with E-state index in [4.69, 9.17) is 14.6 Å². The van der Waals surface area contributed by atoms with Crippen molar-refractivity contribution >= 4 is 34.5 Å². The quantitative estimate of drug-likeness (QED) is 0.588. The van der Waals surface area contributed by atoms with Crippen LogP contribution in [0.3, 0.4) is 0 Å². The van der Waals surface area contributed by atoms with Gasteiger partial charge >= 0.3 is 5.97 Å². The molecule has 2 aromatic rings. The molecule has 0 amide bonds. The van der Waals surface area contributed by atoms with Crippen molar-refractivity contribution in [3.63, 3.8) is 0 Å². The number of rotatable bonds is 9. The number of benzene rings is 1. The first-order valence-electron chi connectivity index (χ1n) is 7.94. The van der Waals surface area contributed by atoms with Gasteiger partial charge in [0.05, 0.1) is 14.2 Å². The number of hydrogen-bond acceptors (Lipinski definition) is 6. The van der Waals surface area contributed by atoms with E-state index < -0.39 is 16.0 Å². The van der Waals surface area contributed by atoms with Gasteiger partial charge in [-0.1, -0.05) is 6.07 Å². The highest BCUT2D eigenvalue weighted by Crippen LogP contribution is 2.36. The lowest BCUT2D eigenvalue weighted by molar-refractivity contribution is -0.131. The third kappa shape index (κ3) is 6.22. The van der Waals surface area contributed by atoms with E-state index in [-0.39, 0.29) is 35.3 Å². The minimum atomic E-state index is -3.93. The lowest BCUT2D eigenvalue weighted by atomic mass is 10.2. The lowest BCUT2D eigenvalue weighted by Crippen LogP contribution is -2.26. The van der Waals surface area contributed by atoms with Crippen LogP contribution in [0.15, 0.2) is 47.5 Å². The monoisotopic (exact) mass is 428 g/mol. The van der Waals surface area contributed by atoms with E-state index in [0.717, 1.165) is 11.8 Å². The summed E-state index contributed by atoms with van der Waals surface area (Å²) < 4.78 is 38.4. The van der Waals surface area contributed by atoms with Crippen LogP contribution < -0.4 is 14.2 Å². The van der Waals surface area contributed by atoms with Crippen LogP contribution in [0.1, 0.15) is 11.3 Å². The van der Waals surface area contributed by atoms with Crippen molar-refractivity contribution in [3.8, 4) is 11.5 Å². The van der Waals surface area contributed by atoms with Gasteiger partial charge in [0.1, 0.15) is 4.90 Å². The number of hydrogen-bond donors (Lipinski definition) is 2. The first-order valence-corrected chi connectivity index (χ1v) is 9.42. The molecule has 0 bridgehead atoms. The van der Waals surface area contributed by atoms with E-state index in [1.807, 2.05) is 6.07 Å². The summed E-state index contributed by atoms with van der Waals surface area (Å²) in [6.45, 7) is 0.139. The normalized spacial score (nSPS) is 11.1. The Morgan fingerprint density at radius 2 is 2.00 bits per heavy atom. The fourth-order valence-electron chi connectivity index (χ4n) is 2.35. The highest BCUT2D eigenvalue weighted by molar-refractivity contribution is 7.89. The van der Waals surface area contributed by atoms with Gasteiger partial charge in [0, 0.05) is 30.9 Å². The number of carboxylic acid groups (broad SMARTS) is 1. The van der Waals surface area contributed by atoms with Gasteiger partial charge in [0.25, 0.3) is 0 Å². The van der Waals surface area contributed by atoms with Gasteiger partial charge in [-0.3, -0.25) is 4.98 Å². The van der Waals surface area contributed by atoms with E-state index in [9.17, 15) is 13.2 Å².